The predicted molar refractivity (Wildman–Crippen MR) is 87.1 cm³/mol. The molecule has 1 saturated carbocycles. The zero-order chi connectivity index (χ0) is 15.0. The summed E-state index contributed by atoms with van der Waals surface area (Å²) in [6.45, 7) is 6.58. The summed E-state index contributed by atoms with van der Waals surface area (Å²) < 4.78 is 0. The Labute approximate surface area is 131 Å². The number of carbonyl (C=O) groups excluding carboxylic acids is 1. The number of rotatable bonds is 5. The largest absolute Gasteiger partial charge is 0.319 e. The van der Waals surface area contributed by atoms with Gasteiger partial charge in [0.05, 0.1) is 6.04 Å². The molecule has 21 heavy (non-hydrogen) atoms. The second-order valence-corrected chi connectivity index (χ2v) is 7.45. The van der Waals surface area contributed by atoms with Crippen LogP contribution in [-0.2, 0) is 4.79 Å². The van der Waals surface area contributed by atoms with E-state index in [2.05, 4.69) is 47.8 Å². The first-order valence-electron chi connectivity index (χ1n) is 8.23. The fourth-order valence-corrected chi connectivity index (χ4v) is 4.20. The van der Waals surface area contributed by atoms with Crippen LogP contribution < -0.4 is 5.32 Å². The summed E-state index contributed by atoms with van der Waals surface area (Å²) in [5, 5.41) is 7.88. The number of nitrogens with one attached hydrogen (secondary N) is 1. The van der Waals surface area contributed by atoms with E-state index in [1.165, 1.54) is 24.8 Å². The summed E-state index contributed by atoms with van der Waals surface area (Å²) in [7, 11) is 0. The van der Waals surface area contributed by atoms with Crippen molar-refractivity contribution < 1.29 is 4.79 Å². The number of amides is 1. The number of carbonyl (C=O) groups is 1. The average molecular weight is 306 g/mol. The fourth-order valence-electron chi connectivity index (χ4n) is 3.53. The monoisotopic (exact) mass is 306 g/mol. The number of thiophene rings is 1. The van der Waals surface area contributed by atoms with Gasteiger partial charge in [-0.25, -0.2) is 0 Å². The third kappa shape index (κ3) is 2.64. The molecular weight excluding hydrogens is 280 g/mol. The van der Waals surface area contributed by atoms with E-state index >= 15 is 0 Å². The van der Waals surface area contributed by atoms with Crippen LogP contribution in [0.5, 0.6) is 0 Å². The molecule has 1 saturated heterocycles. The van der Waals surface area contributed by atoms with Gasteiger partial charge in [0.25, 0.3) is 0 Å². The standard InChI is InChI=1S/C17H26N2OS/c1-4-11(2)15-17(20)19(12(3)13-6-5-7-13)16(18-15)14-8-9-21-10-14/h8-13,15-16,18H,4-7H2,1-3H3. The highest BCUT2D eigenvalue weighted by molar-refractivity contribution is 7.07. The normalized spacial score (nSPS) is 29.5. The molecule has 0 bridgehead atoms. The van der Waals surface area contributed by atoms with Gasteiger partial charge in [-0.15, -0.1) is 0 Å². The molecule has 2 heterocycles. The van der Waals surface area contributed by atoms with Gasteiger partial charge in [0.15, 0.2) is 0 Å². The second kappa shape index (κ2) is 6.09. The van der Waals surface area contributed by atoms with Crippen molar-refractivity contribution in [3.05, 3.63) is 22.4 Å². The maximum absolute atomic E-state index is 13.0. The fraction of sp³-hybridized carbons (Fsp3) is 0.706. The molecule has 4 atom stereocenters. The molecular formula is C17H26N2OS. The minimum Gasteiger partial charge on any atom is -0.319 e. The molecule has 4 unspecified atom stereocenters. The van der Waals surface area contributed by atoms with Crippen molar-refractivity contribution in [3.8, 4) is 0 Å². The minimum atomic E-state index is -0.0255. The summed E-state index contributed by atoms with van der Waals surface area (Å²) >= 11 is 1.71. The zero-order valence-electron chi connectivity index (χ0n) is 13.2. The van der Waals surface area contributed by atoms with Gasteiger partial charge in [-0.3, -0.25) is 10.1 Å². The van der Waals surface area contributed by atoms with Crippen LogP contribution in [0.1, 0.15) is 58.2 Å². The third-order valence-electron chi connectivity index (χ3n) is 5.48. The van der Waals surface area contributed by atoms with Crippen LogP contribution in [0, 0.1) is 11.8 Å². The van der Waals surface area contributed by atoms with E-state index in [0.717, 1.165) is 6.42 Å². The van der Waals surface area contributed by atoms with E-state index in [4.69, 9.17) is 0 Å². The SMILES string of the molecule is CCC(C)C1NC(c2ccsc2)N(C(C)C2CCC2)C1=O. The molecule has 4 heteroatoms. The summed E-state index contributed by atoms with van der Waals surface area (Å²) in [5.74, 6) is 1.38. The molecule has 0 spiro atoms. The maximum Gasteiger partial charge on any atom is 0.241 e. The summed E-state index contributed by atoms with van der Waals surface area (Å²) in [4.78, 5) is 15.1. The first-order chi connectivity index (χ1) is 10.1. The van der Waals surface area contributed by atoms with Gasteiger partial charge in [-0.05, 0) is 54.0 Å². The van der Waals surface area contributed by atoms with Crippen molar-refractivity contribution in [2.45, 2.75) is 64.7 Å². The van der Waals surface area contributed by atoms with Crippen molar-refractivity contribution in [2.75, 3.05) is 0 Å². The molecule has 2 fully saturated rings. The highest BCUT2D eigenvalue weighted by Gasteiger charge is 2.46. The summed E-state index contributed by atoms with van der Waals surface area (Å²) in [5.41, 5.74) is 1.24. The van der Waals surface area contributed by atoms with Crippen LogP contribution >= 0.6 is 11.3 Å². The van der Waals surface area contributed by atoms with Crippen LogP contribution in [0.25, 0.3) is 0 Å². The van der Waals surface area contributed by atoms with Crippen molar-refractivity contribution in [1.82, 2.24) is 10.2 Å². The third-order valence-corrected chi connectivity index (χ3v) is 6.18. The van der Waals surface area contributed by atoms with Crippen LogP contribution in [0.2, 0.25) is 0 Å². The molecule has 116 valence electrons. The van der Waals surface area contributed by atoms with Crippen LogP contribution in [0.3, 0.4) is 0 Å². The molecule has 1 amide bonds. The van der Waals surface area contributed by atoms with Crippen molar-refractivity contribution in [2.24, 2.45) is 11.8 Å². The highest BCUT2D eigenvalue weighted by atomic mass is 32.1. The van der Waals surface area contributed by atoms with Crippen LogP contribution in [-0.4, -0.2) is 22.9 Å². The lowest BCUT2D eigenvalue weighted by Crippen LogP contribution is -2.45. The summed E-state index contributed by atoms with van der Waals surface area (Å²) in [6.07, 6.45) is 4.97. The van der Waals surface area contributed by atoms with E-state index in [9.17, 15) is 4.79 Å². The Kier molecular flexibility index (Phi) is 4.36. The Morgan fingerprint density at radius 1 is 1.43 bits per heavy atom. The van der Waals surface area contributed by atoms with Gasteiger partial charge in [-0.1, -0.05) is 26.7 Å². The number of hydrogen-bond donors (Lipinski definition) is 1. The Hall–Kier alpha value is -0.870. The van der Waals surface area contributed by atoms with Gasteiger partial charge < -0.3 is 4.90 Å². The molecule has 1 aromatic rings. The van der Waals surface area contributed by atoms with Crippen molar-refractivity contribution >= 4 is 17.2 Å². The van der Waals surface area contributed by atoms with Crippen LogP contribution in [0.4, 0.5) is 0 Å². The predicted octanol–water partition coefficient (Wildman–Crippen LogP) is 3.78. The number of hydrogen-bond acceptors (Lipinski definition) is 3. The first-order valence-corrected chi connectivity index (χ1v) is 9.18. The lowest BCUT2D eigenvalue weighted by atomic mass is 9.79. The van der Waals surface area contributed by atoms with Gasteiger partial charge >= 0.3 is 0 Å². The summed E-state index contributed by atoms with van der Waals surface area (Å²) in [6, 6.07) is 2.47. The molecule has 1 aromatic heterocycles. The van der Waals surface area contributed by atoms with Gasteiger partial charge in [-0.2, -0.15) is 11.3 Å². The Bertz CT molecular complexity index is 483. The second-order valence-electron chi connectivity index (χ2n) is 6.67. The lowest BCUT2D eigenvalue weighted by Gasteiger charge is -2.39. The van der Waals surface area contributed by atoms with Crippen molar-refractivity contribution in [1.29, 1.82) is 0 Å². The lowest BCUT2D eigenvalue weighted by molar-refractivity contribution is -0.134. The molecule has 1 N–H and O–H groups in total. The smallest absolute Gasteiger partial charge is 0.241 e. The van der Waals surface area contributed by atoms with Gasteiger partial charge in [0.2, 0.25) is 5.91 Å². The molecule has 0 aromatic carbocycles. The molecule has 0 radical (unpaired) electrons. The number of nitrogens with zero attached hydrogens (tertiary/aromatic N) is 1. The van der Waals surface area contributed by atoms with Crippen LogP contribution in [0.15, 0.2) is 16.8 Å². The van der Waals surface area contributed by atoms with Gasteiger partial charge in [0, 0.05) is 6.04 Å². The molecule has 3 rings (SSSR count). The van der Waals surface area contributed by atoms with E-state index in [1.54, 1.807) is 11.3 Å². The van der Waals surface area contributed by atoms with E-state index in [-0.39, 0.29) is 12.2 Å². The molecule has 2 aliphatic rings. The average Bonchev–Trinajstić information content (AvgIpc) is 3.02. The minimum absolute atomic E-state index is 0.0255. The van der Waals surface area contributed by atoms with Crippen molar-refractivity contribution in [3.63, 3.8) is 0 Å². The van der Waals surface area contributed by atoms with Gasteiger partial charge in [0.1, 0.15) is 6.17 Å². The maximum atomic E-state index is 13.0. The quantitative estimate of drug-likeness (QED) is 0.898. The molecule has 1 aliphatic carbocycles. The zero-order valence-corrected chi connectivity index (χ0v) is 14.0. The topological polar surface area (TPSA) is 32.3 Å². The Morgan fingerprint density at radius 2 is 2.19 bits per heavy atom. The van der Waals surface area contributed by atoms with E-state index < -0.39 is 0 Å². The highest BCUT2D eigenvalue weighted by Crippen LogP contribution is 2.39. The molecule has 1 aliphatic heterocycles. The first kappa shape index (κ1) is 15.0. The van der Waals surface area contributed by atoms with E-state index in [1.807, 2.05) is 0 Å². The Morgan fingerprint density at radius 3 is 2.71 bits per heavy atom. The van der Waals surface area contributed by atoms with E-state index in [0.29, 0.717) is 23.8 Å². The Balaban J connectivity index is 1.86. The molecule has 3 nitrogen and oxygen atoms in total.